The highest BCUT2D eigenvalue weighted by Crippen LogP contribution is 2.29. The molecule has 3 heteroatoms. The van der Waals surface area contributed by atoms with E-state index < -0.39 is 0 Å². The summed E-state index contributed by atoms with van der Waals surface area (Å²) in [5.74, 6) is 0. The van der Waals surface area contributed by atoms with Gasteiger partial charge in [-0.2, -0.15) is 0 Å². The van der Waals surface area contributed by atoms with Crippen molar-refractivity contribution < 1.29 is 4.74 Å². The van der Waals surface area contributed by atoms with Crippen LogP contribution in [0, 0.1) is 0 Å². The number of morpholine rings is 1. The van der Waals surface area contributed by atoms with Crippen LogP contribution in [0.5, 0.6) is 0 Å². The van der Waals surface area contributed by atoms with E-state index in [-0.39, 0.29) is 0 Å². The number of nitrogens with zero attached hydrogens (tertiary/aromatic N) is 1. The van der Waals surface area contributed by atoms with Gasteiger partial charge in [-0.25, -0.2) is 0 Å². The Morgan fingerprint density at radius 3 is 2.83 bits per heavy atom. The fourth-order valence-electron chi connectivity index (χ4n) is 3.53. The zero-order valence-corrected chi connectivity index (χ0v) is 12.3. The third-order valence-electron chi connectivity index (χ3n) is 4.54. The maximum absolute atomic E-state index is 5.83. The van der Waals surface area contributed by atoms with E-state index in [2.05, 4.69) is 31.0 Å². The van der Waals surface area contributed by atoms with E-state index >= 15 is 0 Å². The second kappa shape index (κ2) is 6.88. The molecule has 0 aromatic heterocycles. The normalized spacial score (nSPS) is 38.2. The molecule has 1 saturated heterocycles. The molecule has 18 heavy (non-hydrogen) atoms. The van der Waals surface area contributed by atoms with Crippen molar-refractivity contribution in [2.75, 3.05) is 19.7 Å². The fourth-order valence-corrected chi connectivity index (χ4v) is 3.53. The number of ether oxygens (including phenoxy) is 1. The molecular weight excluding hydrogens is 224 g/mol. The van der Waals surface area contributed by atoms with Gasteiger partial charge in [-0.05, 0) is 39.2 Å². The van der Waals surface area contributed by atoms with Crippen molar-refractivity contribution in [2.24, 2.45) is 0 Å². The maximum Gasteiger partial charge on any atom is 0.0674 e. The minimum Gasteiger partial charge on any atom is -0.376 e. The Kier molecular flexibility index (Phi) is 5.46. The van der Waals surface area contributed by atoms with Crippen LogP contribution in [0.3, 0.4) is 0 Å². The smallest absolute Gasteiger partial charge is 0.0674 e. The van der Waals surface area contributed by atoms with Crippen molar-refractivity contribution in [2.45, 2.75) is 77.1 Å². The van der Waals surface area contributed by atoms with E-state index in [1.54, 1.807) is 0 Å². The van der Waals surface area contributed by atoms with Gasteiger partial charge in [0.1, 0.15) is 0 Å². The van der Waals surface area contributed by atoms with Crippen molar-refractivity contribution in [3.8, 4) is 0 Å². The minimum atomic E-state index is 0.403. The highest BCUT2D eigenvalue weighted by atomic mass is 16.5. The van der Waals surface area contributed by atoms with E-state index in [1.807, 2.05) is 0 Å². The van der Waals surface area contributed by atoms with Gasteiger partial charge in [-0.1, -0.05) is 20.3 Å². The summed E-state index contributed by atoms with van der Waals surface area (Å²) in [4.78, 5) is 2.74. The predicted molar refractivity (Wildman–Crippen MR) is 75.9 cm³/mol. The first kappa shape index (κ1) is 14.3. The van der Waals surface area contributed by atoms with Crippen molar-refractivity contribution in [1.29, 1.82) is 0 Å². The Balaban J connectivity index is 1.97. The van der Waals surface area contributed by atoms with E-state index in [0.717, 1.165) is 25.7 Å². The Bertz CT molecular complexity index is 247. The molecule has 1 aliphatic carbocycles. The van der Waals surface area contributed by atoms with Gasteiger partial charge in [0.25, 0.3) is 0 Å². The van der Waals surface area contributed by atoms with Crippen LogP contribution in [0.1, 0.15) is 52.9 Å². The Morgan fingerprint density at radius 2 is 2.11 bits per heavy atom. The summed E-state index contributed by atoms with van der Waals surface area (Å²) in [7, 11) is 0. The first-order valence-electron chi connectivity index (χ1n) is 7.87. The molecule has 0 bridgehead atoms. The molecule has 106 valence electrons. The predicted octanol–water partition coefficient (Wildman–Crippen LogP) is 2.41. The quantitative estimate of drug-likeness (QED) is 0.815. The molecule has 3 nitrogen and oxygen atoms in total. The molecule has 0 aromatic rings. The van der Waals surface area contributed by atoms with Gasteiger partial charge in [-0.3, -0.25) is 4.90 Å². The summed E-state index contributed by atoms with van der Waals surface area (Å²) < 4.78 is 5.83. The Hall–Kier alpha value is -0.120. The third kappa shape index (κ3) is 3.25. The van der Waals surface area contributed by atoms with Crippen LogP contribution in [0.25, 0.3) is 0 Å². The number of hydrogen-bond donors (Lipinski definition) is 1. The van der Waals surface area contributed by atoms with Crippen LogP contribution < -0.4 is 5.32 Å². The molecule has 1 aliphatic heterocycles. The van der Waals surface area contributed by atoms with Crippen molar-refractivity contribution >= 4 is 0 Å². The van der Waals surface area contributed by atoms with Gasteiger partial charge in [0.15, 0.2) is 0 Å². The van der Waals surface area contributed by atoms with Crippen LogP contribution >= 0.6 is 0 Å². The average Bonchev–Trinajstić information content (AvgIpc) is 2.84. The SMILES string of the molecule is CCCNC1CCCC1N1CC(C)OCC1CC. The van der Waals surface area contributed by atoms with Crippen LogP contribution in [0.15, 0.2) is 0 Å². The van der Waals surface area contributed by atoms with E-state index in [1.165, 1.54) is 32.1 Å². The molecule has 2 aliphatic rings. The van der Waals surface area contributed by atoms with E-state index in [4.69, 9.17) is 4.74 Å². The van der Waals surface area contributed by atoms with Gasteiger partial charge < -0.3 is 10.1 Å². The van der Waals surface area contributed by atoms with Gasteiger partial charge >= 0.3 is 0 Å². The number of rotatable bonds is 5. The Morgan fingerprint density at radius 1 is 1.28 bits per heavy atom. The van der Waals surface area contributed by atoms with Crippen LogP contribution in [0.2, 0.25) is 0 Å². The zero-order valence-electron chi connectivity index (χ0n) is 12.3. The van der Waals surface area contributed by atoms with Crippen molar-refractivity contribution in [1.82, 2.24) is 10.2 Å². The Labute approximate surface area is 112 Å². The fraction of sp³-hybridized carbons (Fsp3) is 1.00. The lowest BCUT2D eigenvalue weighted by Gasteiger charge is -2.44. The lowest BCUT2D eigenvalue weighted by molar-refractivity contribution is -0.0748. The van der Waals surface area contributed by atoms with Crippen LogP contribution in [-0.4, -0.2) is 48.8 Å². The molecular formula is C15H30N2O. The second-order valence-corrected chi connectivity index (χ2v) is 5.96. The molecule has 0 amide bonds. The number of nitrogens with one attached hydrogen (secondary N) is 1. The van der Waals surface area contributed by atoms with Crippen LogP contribution in [-0.2, 0) is 4.74 Å². The first-order chi connectivity index (χ1) is 8.76. The largest absolute Gasteiger partial charge is 0.376 e. The van der Waals surface area contributed by atoms with Crippen LogP contribution in [0.4, 0.5) is 0 Å². The second-order valence-electron chi connectivity index (χ2n) is 5.96. The molecule has 4 atom stereocenters. The summed E-state index contributed by atoms with van der Waals surface area (Å²) in [5.41, 5.74) is 0. The molecule has 2 fully saturated rings. The zero-order chi connectivity index (χ0) is 13.0. The lowest BCUT2D eigenvalue weighted by atomic mass is 10.0. The topological polar surface area (TPSA) is 24.5 Å². The molecule has 0 spiro atoms. The van der Waals surface area contributed by atoms with Gasteiger partial charge in [0.2, 0.25) is 0 Å². The highest BCUT2D eigenvalue weighted by Gasteiger charge is 2.37. The van der Waals surface area contributed by atoms with E-state index in [0.29, 0.717) is 18.2 Å². The summed E-state index contributed by atoms with van der Waals surface area (Å²) in [6, 6.07) is 2.09. The summed E-state index contributed by atoms with van der Waals surface area (Å²) in [6.07, 6.45) is 6.95. The molecule has 4 unspecified atom stereocenters. The standard InChI is InChI=1S/C15H30N2O/c1-4-9-16-14-7-6-8-15(14)17-10-12(3)18-11-13(17)5-2/h12-16H,4-11H2,1-3H3. The van der Waals surface area contributed by atoms with Crippen molar-refractivity contribution in [3.05, 3.63) is 0 Å². The number of hydrogen-bond acceptors (Lipinski definition) is 3. The van der Waals surface area contributed by atoms with Gasteiger partial charge in [0.05, 0.1) is 12.7 Å². The first-order valence-corrected chi connectivity index (χ1v) is 7.87. The molecule has 2 rings (SSSR count). The van der Waals surface area contributed by atoms with E-state index in [9.17, 15) is 0 Å². The minimum absolute atomic E-state index is 0.403. The maximum atomic E-state index is 5.83. The lowest BCUT2D eigenvalue weighted by Crippen LogP contribution is -2.57. The molecule has 0 radical (unpaired) electrons. The van der Waals surface area contributed by atoms with Gasteiger partial charge in [0, 0.05) is 24.7 Å². The summed E-state index contributed by atoms with van der Waals surface area (Å²) in [6.45, 7) is 9.96. The summed E-state index contributed by atoms with van der Waals surface area (Å²) >= 11 is 0. The highest BCUT2D eigenvalue weighted by molar-refractivity contribution is 4.94. The van der Waals surface area contributed by atoms with Gasteiger partial charge in [-0.15, -0.1) is 0 Å². The third-order valence-corrected chi connectivity index (χ3v) is 4.54. The van der Waals surface area contributed by atoms with Crippen molar-refractivity contribution in [3.63, 3.8) is 0 Å². The summed E-state index contributed by atoms with van der Waals surface area (Å²) in [5, 5.41) is 3.76. The molecule has 1 heterocycles. The average molecular weight is 254 g/mol. The molecule has 1 saturated carbocycles. The molecule has 1 N–H and O–H groups in total. The molecule has 0 aromatic carbocycles. The monoisotopic (exact) mass is 254 g/mol.